The van der Waals surface area contributed by atoms with Gasteiger partial charge in [-0.2, -0.15) is 0 Å². The van der Waals surface area contributed by atoms with Crippen molar-refractivity contribution < 1.29 is 12.8 Å². The largest absolute Gasteiger partial charge is 0.399 e. The standard InChI is InChI=1S/C14H14ClFN2O2S/c1-8-6-10(17)7-13(9(8)2)21(19,20)18-14-11(15)4-3-5-12(14)16/h3-7,18H,17H2,1-2H3. The molecule has 0 heterocycles. The molecule has 0 aliphatic heterocycles. The van der Waals surface area contributed by atoms with Crippen LogP contribution in [0.15, 0.2) is 35.2 Å². The number of halogens is 2. The second kappa shape index (κ2) is 5.54. The molecule has 0 atom stereocenters. The zero-order valence-corrected chi connectivity index (χ0v) is 13.0. The second-order valence-corrected chi connectivity index (χ2v) is 6.72. The fraction of sp³-hybridized carbons (Fsp3) is 0.143. The lowest BCUT2D eigenvalue weighted by atomic mass is 10.1. The third kappa shape index (κ3) is 3.11. The van der Waals surface area contributed by atoms with E-state index in [0.717, 1.165) is 11.6 Å². The van der Waals surface area contributed by atoms with Gasteiger partial charge in [-0.15, -0.1) is 0 Å². The number of sulfonamides is 1. The molecule has 3 N–H and O–H groups in total. The molecule has 2 rings (SSSR count). The molecule has 0 unspecified atom stereocenters. The summed E-state index contributed by atoms with van der Waals surface area (Å²) in [6, 6.07) is 6.93. The number of nitrogen functional groups attached to an aromatic ring is 1. The van der Waals surface area contributed by atoms with E-state index in [1.807, 2.05) is 0 Å². The first-order chi connectivity index (χ1) is 9.72. The highest BCUT2D eigenvalue weighted by atomic mass is 35.5. The van der Waals surface area contributed by atoms with Gasteiger partial charge >= 0.3 is 0 Å². The number of hydrogen-bond donors (Lipinski definition) is 2. The number of hydrogen-bond acceptors (Lipinski definition) is 3. The van der Waals surface area contributed by atoms with Crippen LogP contribution < -0.4 is 10.5 Å². The van der Waals surface area contributed by atoms with Crippen LogP contribution in [0.5, 0.6) is 0 Å². The predicted molar refractivity (Wildman–Crippen MR) is 82.5 cm³/mol. The summed E-state index contributed by atoms with van der Waals surface area (Å²) in [5, 5.41) is -0.0168. The van der Waals surface area contributed by atoms with Gasteiger partial charge in [0.25, 0.3) is 10.0 Å². The van der Waals surface area contributed by atoms with Gasteiger partial charge in [0.2, 0.25) is 0 Å². The van der Waals surface area contributed by atoms with E-state index in [0.29, 0.717) is 11.3 Å². The summed E-state index contributed by atoms with van der Waals surface area (Å²) in [6.07, 6.45) is 0. The van der Waals surface area contributed by atoms with Gasteiger partial charge in [0.05, 0.1) is 9.92 Å². The van der Waals surface area contributed by atoms with Crippen molar-refractivity contribution in [3.63, 3.8) is 0 Å². The third-order valence-corrected chi connectivity index (χ3v) is 4.92. The minimum atomic E-state index is -3.99. The molecule has 0 spiro atoms. The Labute approximate surface area is 127 Å². The van der Waals surface area contributed by atoms with E-state index >= 15 is 0 Å². The number of anilines is 2. The average molecular weight is 329 g/mol. The Balaban J connectivity index is 2.54. The number of benzene rings is 2. The highest BCUT2D eigenvalue weighted by Crippen LogP contribution is 2.29. The number of nitrogens with two attached hydrogens (primary N) is 1. The lowest BCUT2D eigenvalue weighted by molar-refractivity contribution is 0.598. The summed E-state index contributed by atoms with van der Waals surface area (Å²) in [4.78, 5) is -0.000630. The van der Waals surface area contributed by atoms with Crippen LogP contribution in [0.25, 0.3) is 0 Å². The lowest BCUT2D eigenvalue weighted by Gasteiger charge is -2.14. The Kier molecular flexibility index (Phi) is 4.11. The monoisotopic (exact) mass is 328 g/mol. The lowest BCUT2D eigenvalue weighted by Crippen LogP contribution is -2.16. The number of aryl methyl sites for hydroxylation is 1. The molecule has 0 radical (unpaired) electrons. The molecule has 4 nitrogen and oxygen atoms in total. The normalized spacial score (nSPS) is 11.4. The molecular weight excluding hydrogens is 315 g/mol. The van der Waals surface area contributed by atoms with Gasteiger partial charge in [0.1, 0.15) is 11.5 Å². The number of rotatable bonds is 3. The highest BCUT2D eigenvalue weighted by Gasteiger charge is 2.21. The van der Waals surface area contributed by atoms with Crippen molar-refractivity contribution in [2.45, 2.75) is 18.7 Å². The summed E-state index contributed by atoms with van der Waals surface area (Å²) in [5.41, 5.74) is 7.00. The van der Waals surface area contributed by atoms with Crippen LogP contribution in [0.2, 0.25) is 5.02 Å². The first-order valence-electron chi connectivity index (χ1n) is 6.06. The second-order valence-electron chi connectivity index (χ2n) is 4.66. The molecule has 0 aromatic heterocycles. The summed E-state index contributed by atoms with van der Waals surface area (Å²) >= 11 is 5.83. The van der Waals surface area contributed by atoms with Gasteiger partial charge in [-0.3, -0.25) is 4.72 Å². The highest BCUT2D eigenvalue weighted by molar-refractivity contribution is 7.92. The molecule has 0 bridgehead atoms. The van der Waals surface area contributed by atoms with Crippen LogP contribution in [-0.4, -0.2) is 8.42 Å². The topological polar surface area (TPSA) is 72.2 Å². The summed E-state index contributed by atoms with van der Waals surface area (Å²) in [7, 11) is -3.99. The Morgan fingerprint density at radius 1 is 1.24 bits per heavy atom. The van der Waals surface area contributed by atoms with Crippen LogP contribution in [0.4, 0.5) is 15.8 Å². The maximum Gasteiger partial charge on any atom is 0.262 e. The summed E-state index contributed by atoms with van der Waals surface area (Å²) < 4.78 is 40.8. The van der Waals surface area contributed by atoms with Crippen LogP contribution in [-0.2, 0) is 10.0 Å². The molecular formula is C14H14ClFN2O2S. The van der Waals surface area contributed by atoms with E-state index in [-0.39, 0.29) is 15.6 Å². The predicted octanol–water partition coefficient (Wildman–Crippen LogP) is 3.48. The third-order valence-electron chi connectivity index (χ3n) is 3.13. The van der Waals surface area contributed by atoms with E-state index in [1.165, 1.54) is 18.2 Å². The maximum atomic E-state index is 13.7. The van der Waals surface area contributed by atoms with E-state index < -0.39 is 15.8 Å². The molecule has 0 fully saturated rings. The Hall–Kier alpha value is -1.79. The van der Waals surface area contributed by atoms with Crippen molar-refractivity contribution >= 4 is 33.0 Å². The van der Waals surface area contributed by atoms with E-state index in [1.54, 1.807) is 19.9 Å². The van der Waals surface area contributed by atoms with Crippen molar-refractivity contribution in [1.29, 1.82) is 0 Å². The SMILES string of the molecule is Cc1cc(N)cc(S(=O)(=O)Nc2c(F)cccc2Cl)c1C. The van der Waals surface area contributed by atoms with E-state index in [4.69, 9.17) is 17.3 Å². The van der Waals surface area contributed by atoms with E-state index in [2.05, 4.69) is 4.72 Å². The molecule has 7 heteroatoms. The zero-order valence-electron chi connectivity index (χ0n) is 11.4. The van der Waals surface area contributed by atoms with Gasteiger partial charge in [0.15, 0.2) is 0 Å². The first-order valence-corrected chi connectivity index (χ1v) is 7.92. The molecule has 112 valence electrons. The molecule has 0 saturated carbocycles. The molecule has 2 aromatic rings. The van der Waals surface area contributed by atoms with Gasteiger partial charge in [-0.1, -0.05) is 17.7 Å². The molecule has 0 amide bonds. The van der Waals surface area contributed by atoms with Gasteiger partial charge in [-0.25, -0.2) is 12.8 Å². The van der Waals surface area contributed by atoms with Crippen molar-refractivity contribution in [2.75, 3.05) is 10.5 Å². The molecule has 0 aliphatic carbocycles. The first kappa shape index (κ1) is 15.6. The average Bonchev–Trinajstić information content (AvgIpc) is 2.38. The van der Waals surface area contributed by atoms with Crippen molar-refractivity contribution in [1.82, 2.24) is 0 Å². The Bertz CT molecular complexity index is 787. The fourth-order valence-corrected chi connectivity index (χ4v) is 3.63. The number of nitrogens with one attached hydrogen (secondary N) is 1. The van der Waals surface area contributed by atoms with Crippen LogP contribution in [0.1, 0.15) is 11.1 Å². The maximum absolute atomic E-state index is 13.7. The fourth-order valence-electron chi connectivity index (χ4n) is 1.92. The Morgan fingerprint density at radius 2 is 1.90 bits per heavy atom. The number of para-hydroxylation sites is 1. The smallest absolute Gasteiger partial charge is 0.262 e. The van der Waals surface area contributed by atoms with Crippen LogP contribution >= 0.6 is 11.6 Å². The van der Waals surface area contributed by atoms with Crippen molar-refractivity contribution in [3.8, 4) is 0 Å². The van der Waals surface area contributed by atoms with Crippen molar-refractivity contribution in [3.05, 3.63) is 52.3 Å². The molecule has 21 heavy (non-hydrogen) atoms. The summed E-state index contributed by atoms with van der Waals surface area (Å²) in [6.45, 7) is 3.41. The minimum Gasteiger partial charge on any atom is -0.399 e. The molecule has 0 aliphatic rings. The van der Waals surface area contributed by atoms with Gasteiger partial charge < -0.3 is 5.73 Å². The van der Waals surface area contributed by atoms with Crippen LogP contribution in [0, 0.1) is 19.7 Å². The van der Waals surface area contributed by atoms with Crippen LogP contribution in [0.3, 0.4) is 0 Å². The van der Waals surface area contributed by atoms with Gasteiger partial charge in [-0.05, 0) is 49.2 Å². The summed E-state index contributed by atoms with van der Waals surface area (Å²) in [5.74, 6) is -0.746. The zero-order chi connectivity index (χ0) is 15.8. The van der Waals surface area contributed by atoms with Crippen molar-refractivity contribution in [2.24, 2.45) is 0 Å². The molecule has 0 saturated heterocycles. The minimum absolute atomic E-state index is 0.000630. The molecule has 2 aromatic carbocycles. The quantitative estimate of drug-likeness (QED) is 0.847. The van der Waals surface area contributed by atoms with Gasteiger partial charge in [0, 0.05) is 5.69 Å². The van der Waals surface area contributed by atoms with E-state index in [9.17, 15) is 12.8 Å². The Morgan fingerprint density at radius 3 is 2.52 bits per heavy atom.